The molecular formula is C25H26ClN3O3. The number of aryl methyl sites for hydroxylation is 2. The van der Waals surface area contributed by atoms with E-state index in [0.29, 0.717) is 28.4 Å². The highest BCUT2D eigenvalue weighted by Gasteiger charge is 2.20. The highest BCUT2D eigenvalue weighted by atomic mass is 35.5. The van der Waals surface area contributed by atoms with Crippen LogP contribution in [0.4, 0.5) is 5.69 Å². The van der Waals surface area contributed by atoms with Crippen molar-refractivity contribution >= 4 is 29.1 Å². The molecule has 4 rings (SSSR count). The Labute approximate surface area is 192 Å². The lowest BCUT2D eigenvalue weighted by Gasteiger charge is -2.15. The quantitative estimate of drug-likeness (QED) is 0.559. The number of para-hydroxylation sites is 1. The Morgan fingerprint density at radius 2 is 1.78 bits per heavy atom. The molecule has 1 aromatic heterocycles. The predicted molar refractivity (Wildman–Crippen MR) is 126 cm³/mol. The van der Waals surface area contributed by atoms with E-state index in [4.69, 9.17) is 16.3 Å². The number of hydrogen-bond donors (Lipinski definition) is 2. The zero-order valence-electron chi connectivity index (χ0n) is 18.2. The number of aromatic nitrogens is 1. The summed E-state index contributed by atoms with van der Waals surface area (Å²) in [5.41, 5.74) is 4.13. The third-order valence-electron chi connectivity index (χ3n) is 5.66. The fraction of sp³-hybridized carbons (Fsp3) is 0.280. The summed E-state index contributed by atoms with van der Waals surface area (Å²) in [6.07, 6.45) is 1.99. The minimum atomic E-state index is -0.376. The zero-order valence-corrected chi connectivity index (χ0v) is 18.9. The fourth-order valence-electron chi connectivity index (χ4n) is 3.99. The van der Waals surface area contributed by atoms with Crippen molar-refractivity contribution in [1.29, 1.82) is 0 Å². The van der Waals surface area contributed by atoms with Crippen molar-refractivity contribution in [2.45, 2.75) is 32.8 Å². The van der Waals surface area contributed by atoms with Gasteiger partial charge in [0.25, 0.3) is 11.8 Å². The molecule has 32 heavy (non-hydrogen) atoms. The smallest absolute Gasteiger partial charge is 0.257 e. The van der Waals surface area contributed by atoms with Crippen molar-refractivity contribution < 1.29 is 14.3 Å². The van der Waals surface area contributed by atoms with Gasteiger partial charge in [0, 0.05) is 30.2 Å². The number of halogens is 1. The van der Waals surface area contributed by atoms with Gasteiger partial charge in [0.2, 0.25) is 0 Å². The first-order chi connectivity index (χ1) is 15.4. The van der Waals surface area contributed by atoms with Crippen molar-refractivity contribution in [2.24, 2.45) is 0 Å². The van der Waals surface area contributed by atoms with Crippen LogP contribution in [-0.2, 0) is 4.74 Å². The number of nitrogens with zero attached hydrogens (tertiary/aromatic N) is 1. The molecule has 6 nitrogen and oxygen atoms in total. The van der Waals surface area contributed by atoms with Crippen LogP contribution in [0.3, 0.4) is 0 Å². The van der Waals surface area contributed by atoms with Gasteiger partial charge in [-0.1, -0.05) is 23.7 Å². The predicted octanol–water partition coefficient (Wildman–Crippen LogP) is 4.91. The molecule has 1 aliphatic heterocycles. The molecule has 1 unspecified atom stereocenters. The van der Waals surface area contributed by atoms with E-state index in [9.17, 15) is 9.59 Å². The molecule has 1 fully saturated rings. The summed E-state index contributed by atoms with van der Waals surface area (Å²) in [5, 5.41) is 6.10. The summed E-state index contributed by atoms with van der Waals surface area (Å²) in [6.45, 7) is 5.19. The Balaban J connectivity index is 1.54. The summed E-state index contributed by atoms with van der Waals surface area (Å²) in [7, 11) is 0. The number of hydrogen-bond acceptors (Lipinski definition) is 3. The maximum Gasteiger partial charge on any atom is 0.257 e. The SMILES string of the molecule is Cc1ccc(C)n1-c1ccc(Cl)c(C(=O)Nc2ccccc2C(=O)NCC2CCCO2)c1. The van der Waals surface area contributed by atoms with E-state index >= 15 is 0 Å². The molecule has 2 aromatic carbocycles. The first-order valence-corrected chi connectivity index (χ1v) is 11.1. The molecule has 2 heterocycles. The average molecular weight is 452 g/mol. The fourth-order valence-corrected chi connectivity index (χ4v) is 4.19. The van der Waals surface area contributed by atoms with E-state index in [2.05, 4.69) is 15.2 Å². The van der Waals surface area contributed by atoms with Crippen LogP contribution < -0.4 is 10.6 Å². The van der Waals surface area contributed by atoms with E-state index in [-0.39, 0.29) is 17.9 Å². The second-order valence-corrected chi connectivity index (χ2v) is 8.37. The van der Waals surface area contributed by atoms with E-state index in [0.717, 1.165) is 36.5 Å². The molecule has 1 aliphatic rings. The summed E-state index contributed by atoms with van der Waals surface area (Å²) in [5.74, 6) is -0.631. The van der Waals surface area contributed by atoms with Crippen molar-refractivity contribution in [2.75, 3.05) is 18.5 Å². The maximum atomic E-state index is 13.1. The van der Waals surface area contributed by atoms with Crippen LogP contribution in [0.5, 0.6) is 0 Å². The Morgan fingerprint density at radius 1 is 1.03 bits per heavy atom. The highest BCUT2D eigenvalue weighted by molar-refractivity contribution is 6.34. The molecule has 166 valence electrons. The standard InChI is InChI=1S/C25H26ClN3O3/c1-16-9-10-17(2)29(16)18-11-12-22(26)21(14-18)25(31)28-23-8-4-3-7-20(23)24(30)27-15-19-6-5-13-32-19/h3-4,7-12,14,19H,5-6,13,15H2,1-2H3,(H,27,30)(H,28,31). The van der Waals surface area contributed by atoms with Gasteiger partial charge >= 0.3 is 0 Å². The van der Waals surface area contributed by atoms with Crippen LogP contribution in [0.2, 0.25) is 5.02 Å². The van der Waals surface area contributed by atoms with Gasteiger partial charge in [0.05, 0.1) is 27.9 Å². The second kappa shape index (κ2) is 9.59. The van der Waals surface area contributed by atoms with Crippen LogP contribution >= 0.6 is 11.6 Å². The van der Waals surface area contributed by atoms with Gasteiger partial charge < -0.3 is 19.9 Å². The lowest BCUT2D eigenvalue weighted by molar-refractivity contribution is 0.0858. The summed E-state index contributed by atoms with van der Waals surface area (Å²) >= 11 is 6.36. The summed E-state index contributed by atoms with van der Waals surface area (Å²) < 4.78 is 7.62. The first kappa shape index (κ1) is 22.1. The average Bonchev–Trinajstić information content (AvgIpc) is 3.42. The van der Waals surface area contributed by atoms with Crippen LogP contribution in [0.15, 0.2) is 54.6 Å². The Kier molecular flexibility index (Phi) is 6.63. The normalized spacial score (nSPS) is 15.5. The van der Waals surface area contributed by atoms with Crippen molar-refractivity contribution in [3.8, 4) is 5.69 Å². The number of ether oxygens (including phenoxy) is 1. The molecule has 2 N–H and O–H groups in total. The lowest BCUT2D eigenvalue weighted by atomic mass is 10.1. The van der Waals surface area contributed by atoms with Crippen molar-refractivity contribution in [1.82, 2.24) is 9.88 Å². The molecule has 3 aromatic rings. The number of amides is 2. The van der Waals surface area contributed by atoms with Gasteiger partial charge in [-0.3, -0.25) is 9.59 Å². The molecule has 0 saturated carbocycles. The molecule has 7 heteroatoms. The minimum Gasteiger partial charge on any atom is -0.376 e. The Bertz CT molecular complexity index is 1130. The summed E-state index contributed by atoms with van der Waals surface area (Å²) in [6, 6.07) is 16.3. The molecular weight excluding hydrogens is 426 g/mol. The topological polar surface area (TPSA) is 72.4 Å². The minimum absolute atomic E-state index is 0.0443. The maximum absolute atomic E-state index is 13.1. The van der Waals surface area contributed by atoms with E-state index in [1.165, 1.54) is 0 Å². The third kappa shape index (κ3) is 4.71. The van der Waals surface area contributed by atoms with E-state index < -0.39 is 0 Å². The first-order valence-electron chi connectivity index (χ1n) is 10.7. The number of carbonyl (C=O) groups excluding carboxylic acids is 2. The summed E-state index contributed by atoms with van der Waals surface area (Å²) in [4.78, 5) is 25.9. The van der Waals surface area contributed by atoms with Crippen molar-refractivity contribution in [3.05, 3.63) is 82.1 Å². The largest absolute Gasteiger partial charge is 0.376 e. The number of benzene rings is 2. The van der Waals surface area contributed by atoms with Gasteiger partial charge in [-0.2, -0.15) is 0 Å². The monoisotopic (exact) mass is 451 g/mol. The van der Waals surface area contributed by atoms with Crippen LogP contribution in [0.25, 0.3) is 5.69 Å². The lowest BCUT2D eigenvalue weighted by Crippen LogP contribution is -2.32. The second-order valence-electron chi connectivity index (χ2n) is 7.96. The zero-order chi connectivity index (χ0) is 22.7. The van der Waals surface area contributed by atoms with E-state index in [1.54, 1.807) is 36.4 Å². The van der Waals surface area contributed by atoms with Crippen molar-refractivity contribution in [3.63, 3.8) is 0 Å². The van der Waals surface area contributed by atoms with Gasteiger partial charge in [0.1, 0.15) is 0 Å². The molecule has 1 atom stereocenters. The Morgan fingerprint density at radius 3 is 2.50 bits per heavy atom. The molecule has 1 saturated heterocycles. The molecule has 0 aliphatic carbocycles. The number of anilines is 1. The molecule has 0 radical (unpaired) electrons. The van der Waals surface area contributed by atoms with Gasteiger partial charge in [-0.25, -0.2) is 0 Å². The third-order valence-corrected chi connectivity index (χ3v) is 5.99. The van der Waals surface area contributed by atoms with E-state index in [1.807, 2.05) is 32.0 Å². The molecule has 2 amide bonds. The highest BCUT2D eigenvalue weighted by Crippen LogP contribution is 2.25. The van der Waals surface area contributed by atoms with Gasteiger partial charge in [-0.15, -0.1) is 0 Å². The Hall–Kier alpha value is -3.09. The molecule has 0 bridgehead atoms. The number of nitrogens with one attached hydrogen (secondary N) is 2. The number of rotatable bonds is 6. The molecule has 0 spiro atoms. The number of carbonyl (C=O) groups is 2. The van der Waals surface area contributed by atoms with Gasteiger partial charge in [0.15, 0.2) is 0 Å². The van der Waals surface area contributed by atoms with Crippen LogP contribution in [0, 0.1) is 13.8 Å². The van der Waals surface area contributed by atoms with Crippen LogP contribution in [-0.4, -0.2) is 35.6 Å². The van der Waals surface area contributed by atoms with Crippen LogP contribution in [0.1, 0.15) is 44.9 Å². The van der Waals surface area contributed by atoms with Gasteiger partial charge in [-0.05, 0) is 69.2 Å².